The predicted molar refractivity (Wildman–Crippen MR) is 116 cm³/mol. The van der Waals surface area contributed by atoms with E-state index in [2.05, 4.69) is 17.6 Å². The van der Waals surface area contributed by atoms with Crippen molar-refractivity contribution >= 4 is 45.3 Å². The molecule has 3 rings (SSSR count). The Kier molecular flexibility index (Phi) is 6.41. The number of benzene rings is 1. The van der Waals surface area contributed by atoms with Crippen LogP contribution in [0.1, 0.15) is 34.1 Å². The summed E-state index contributed by atoms with van der Waals surface area (Å²) in [4.78, 5) is 13.6. The number of thiocarbonyl (C=S) groups is 1. The first kappa shape index (κ1) is 20.4. The SMILES string of the molecule is COC(=O)c1c(NC(=S)Nc2ccc(OC)c(OC)c2)sc2c1CCC(C)C2. The zero-order chi connectivity index (χ0) is 20.3. The minimum atomic E-state index is -0.330. The summed E-state index contributed by atoms with van der Waals surface area (Å²) < 4.78 is 15.6. The van der Waals surface area contributed by atoms with Crippen LogP contribution in [0.3, 0.4) is 0 Å². The fourth-order valence-corrected chi connectivity index (χ4v) is 5.02. The molecule has 2 aromatic rings. The van der Waals surface area contributed by atoms with Crippen molar-refractivity contribution in [1.82, 2.24) is 0 Å². The maximum Gasteiger partial charge on any atom is 0.341 e. The maximum absolute atomic E-state index is 12.4. The Morgan fingerprint density at radius 3 is 2.61 bits per heavy atom. The van der Waals surface area contributed by atoms with E-state index in [1.165, 1.54) is 12.0 Å². The monoisotopic (exact) mass is 420 g/mol. The topological polar surface area (TPSA) is 68.8 Å². The Balaban J connectivity index is 1.81. The summed E-state index contributed by atoms with van der Waals surface area (Å²) in [5.74, 6) is 1.52. The molecule has 1 aliphatic carbocycles. The van der Waals surface area contributed by atoms with Crippen LogP contribution in [-0.4, -0.2) is 32.4 Å². The molecule has 6 nitrogen and oxygen atoms in total. The number of carbonyl (C=O) groups excluding carboxylic acids is 1. The van der Waals surface area contributed by atoms with Crippen LogP contribution in [0.4, 0.5) is 10.7 Å². The highest BCUT2D eigenvalue weighted by molar-refractivity contribution is 7.80. The standard InChI is InChI=1S/C20H24N2O4S2/c1-11-5-7-13-16(9-11)28-18(17(13)19(23)26-4)22-20(27)21-12-6-8-14(24-2)15(10-12)25-3/h6,8,10-11H,5,7,9H2,1-4H3,(H2,21,22,27). The highest BCUT2D eigenvalue weighted by Gasteiger charge is 2.28. The molecule has 2 N–H and O–H groups in total. The van der Waals surface area contributed by atoms with Crippen molar-refractivity contribution < 1.29 is 19.0 Å². The van der Waals surface area contributed by atoms with Gasteiger partial charge in [-0.15, -0.1) is 11.3 Å². The highest BCUT2D eigenvalue weighted by Crippen LogP contribution is 2.40. The molecular formula is C20H24N2O4S2. The second-order valence-corrected chi connectivity index (χ2v) is 8.21. The molecule has 1 aromatic carbocycles. The predicted octanol–water partition coefficient (Wildman–Crippen LogP) is 4.49. The first-order valence-corrected chi connectivity index (χ1v) is 10.2. The van der Waals surface area contributed by atoms with E-state index in [1.54, 1.807) is 37.7 Å². The zero-order valence-corrected chi connectivity index (χ0v) is 18.0. The van der Waals surface area contributed by atoms with Gasteiger partial charge in [-0.25, -0.2) is 4.79 Å². The molecule has 1 atom stereocenters. The Bertz CT molecular complexity index is 895. The number of esters is 1. The lowest BCUT2D eigenvalue weighted by Crippen LogP contribution is -2.20. The number of hydrogen-bond acceptors (Lipinski definition) is 6. The molecule has 0 saturated carbocycles. The van der Waals surface area contributed by atoms with Crippen molar-refractivity contribution in [2.24, 2.45) is 5.92 Å². The number of rotatable bonds is 5. The van der Waals surface area contributed by atoms with Gasteiger partial charge in [-0.3, -0.25) is 0 Å². The molecule has 0 amide bonds. The summed E-state index contributed by atoms with van der Waals surface area (Å²) >= 11 is 7.04. The van der Waals surface area contributed by atoms with Gasteiger partial charge in [0.25, 0.3) is 0 Å². The van der Waals surface area contributed by atoms with E-state index in [-0.39, 0.29) is 5.97 Å². The lowest BCUT2D eigenvalue weighted by molar-refractivity contribution is 0.0601. The van der Waals surface area contributed by atoms with E-state index < -0.39 is 0 Å². The largest absolute Gasteiger partial charge is 0.493 e. The molecule has 1 unspecified atom stereocenters. The normalized spacial score (nSPS) is 15.4. The van der Waals surface area contributed by atoms with Crippen LogP contribution in [0.15, 0.2) is 18.2 Å². The number of thiophene rings is 1. The number of nitrogens with one attached hydrogen (secondary N) is 2. The van der Waals surface area contributed by atoms with Crippen molar-refractivity contribution in [2.75, 3.05) is 32.0 Å². The first-order chi connectivity index (χ1) is 13.5. The molecule has 28 heavy (non-hydrogen) atoms. The molecule has 0 fully saturated rings. The Morgan fingerprint density at radius 2 is 1.93 bits per heavy atom. The Morgan fingerprint density at radius 1 is 1.18 bits per heavy atom. The molecule has 1 aliphatic rings. The average molecular weight is 421 g/mol. The van der Waals surface area contributed by atoms with Gasteiger partial charge in [0.05, 0.1) is 26.9 Å². The van der Waals surface area contributed by atoms with Gasteiger partial charge in [0.15, 0.2) is 16.6 Å². The highest BCUT2D eigenvalue weighted by atomic mass is 32.1. The smallest absolute Gasteiger partial charge is 0.341 e. The van der Waals surface area contributed by atoms with Crippen LogP contribution in [0.25, 0.3) is 0 Å². The van der Waals surface area contributed by atoms with E-state index >= 15 is 0 Å². The van der Waals surface area contributed by atoms with E-state index in [4.69, 9.17) is 26.4 Å². The molecule has 150 valence electrons. The van der Waals surface area contributed by atoms with Crippen molar-refractivity contribution in [3.8, 4) is 11.5 Å². The molecule has 0 saturated heterocycles. The Hall–Kier alpha value is -2.32. The second-order valence-electron chi connectivity index (χ2n) is 6.70. The summed E-state index contributed by atoms with van der Waals surface area (Å²) in [6.45, 7) is 2.23. The Labute approximate surface area is 174 Å². The van der Waals surface area contributed by atoms with Gasteiger partial charge < -0.3 is 24.8 Å². The lowest BCUT2D eigenvalue weighted by atomic mass is 9.88. The van der Waals surface area contributed by atoms with E-state index in [0.717, 1.165) is 35.5 Å². The molecular weight excluding hydrogens is 396 g/mol. The number of ether oxygens (including phenoxy) is 3. The molecule has 8 heteroatoms. The summed E-state index contributed by atoms with van der Waals surface area (Å²) in [6, 6.07) is 5.45. The van der Waals surface area contributed by atoms with Crippen molar-refractivity contribution in [3.05, 3.63) is 34.2 Å². The third-order valence-electron chi connectivity index (χ3n) is 4.77. The van der Waals surface area contributed by atoms with Crippen LogP contribution >= 0.6 is 23.6 Å². The van der Waals surface area contributed by atoms with Gasteiger partial charge in [0.2, 0.25) is 0 Å². The van der Waals surface area contributed by atoms with E-state index in [9.17, 15) is 4.79 Å². The van der Waals surface area contributed by atoms with Crippen LogP contribution in [0.2, 0.25) is 0 Å². The fraction of sp³-hybridized carbons (Fsp3) is 0.400. The lowest BCUT2D eigenvalue weighted by Gasteiger charge is -2.18. The summed E-state index contributed by atoms with van der Waals surface area (Å²) in [5.41, 5.74) is 2.45. The first-order valence-electron chi connectivity index (χ1n) is 8.99. The minimum absolute atomic E-state index is 0.330. The third kappa shape index (κ3) is 4.23. The van der Waals surface area contributed by atoms with Gasteiger partial charge in [-0.05, 0) is 55.1 Å². The van der Waals surface area contributed by atoms with Gasteiger partial charge >= 0.3 is 5.97 Å². The van der Waals surface area contributed by atoms with Crippen molar-refractivity contribution in [2.45, 2.75) is 26.2 Å². The molecule has 1 aromatic heterocycles. The number of methoxy groups -OCH3 is 3. The number of carbonyl (C=O) groups is 1. The zero-order valence-electron chi connectivity index (χ0n) is 16.4. The third-order valence-corrected chi connectivity index (χ3v) is 6.14. The van der Waals surface area contributed by atoms with Gasteiger partial charge in [0.1, 0.15) is 5.00 Å². The van der Waals surface area contributed by atoms with Crippen molar-refractivity contribution in [3.63, 3.8) is 0 Å². The van der Waals surface area contributed by atoms with Gasteiger partial charge in [-0.1, -0.05) is 6.92 Å². The van der Waals surface area contributed by atoms with E-state index in [1.807, 2.05) is 6.07 Å². The molecule has 1 heterocycles. The van der Waals surface area contributed by atoms with E-state index in [0.29, 0.717) is 28.1 Å². The summed E-state index contributed by atoms with van der Waals surface area (Å²) in [6.07, 6.45) is 2.93. The number of fused-ring (bicyclic) bond motifs is 1. The van der Waals surface area contributed by atoms with Crippen LogP contribution in [0, 0.1) is 5.92 Å². The second kappa shape index (κ2) is 8.79. The summed E-state index contributed by atoms with van der Waals surface area (Å²) in [5, 5.41) is 7.43. The van der Waals surface area contributed by atoms with Gasteiger partial charge in [0, 0.05) is 16.6 Å². The van der Waals surface area contributed by atoms with Crippen molar-refractivity contribution in [1.29, 1.82) is 0 Å². The average Bonchev–Trinajstić information content (AvgIpc) is 3.03. The number of hydrogen-bond donors (Lipinski definition) is 2. The fourth-order valence-electron chi connectivity index (χ4n) is 3.34. The number of anilines is 2. The molecule has 0 radical (unpaired) electrons. The van der Waals surface area contributed by atoms with Crippen LogP contribution in [0.5, 0.6) is 11.5 Å². The molecule has 0 spiro atoms. The van der Waals surface area contributed by atoms with Gasteiger partial charge in [-0.2, -0.15) is 0 Å². The van der Waals surface area contributed by atoms with Crippen LogP contribution in [-0.2, 0) is 17.6 Å². The van der Waals surface area contributed by atoms with Crippen LogP contribution < -0.4 is 20.1 Å². The molecule has 0 aliphatic heterocycles. The maximum atomic E-state index is 12.4. The minimum Gasteiger partial charge on any atom is -0.493 e. The molecule has 0 bridgehead atoms. The quantitative estimate of drug-likeness (QED) is 0.546. The summed E-state index contributed by atoms with van der Waals surface area (Å²) in [7, 11) is 4.57.